The third kappa shape index (κ3) is 3.44. The highest BCUT2D eigenvalue weighted by Crippen LogP contribution is 2.22. The van der Waals surface area contributed by atoms with Gasteiger partial charge in [-0.2, -0.15) is 0 Å². The highest BCUT2D eigenvalue weighted by Gasteiger charge is 2.39. The van der Waals surface area contributed by atoms with E-state index in [1.807, 2.05) is 0 Å². The zero-order valence-electron chi connectivity index (χ0n) is 8.12. The lowest BCUT2D eigenvalue weighted by Gasteiger charge is -2.36. The number of hydrogen-bond donors (Lipinski definition) is 3. The van der Waals surface area contributed by atoms with Crippen LogP contribution in [0.5, 0.6) is 0 Å². The highest BCUT2D eigenvalue weighted by atomic mass is 35.5. The van der Waals surface area contributed by atoms with Gasteiger partial charge in [0.1, 0.15) is 18.3 Å². The van der Waals surface area contributed by atoms with Crippen LogP contribution in [-0.4, -0.2) is 57.3 Å². The van der Waals surface area contributed by atoms with Gasteiger partial charge in [0.05, 0.1) is 6.61 Å². The molecule has 0 amide bonds. The van der Waals surface area contributed by atoms with Crippen LogP contribution in [0.1, 0.15) is 6.42 Å². The Bertz CT molecular complexity index is 249. The minimum atomic E-state index is -1.36. The number of carbonyl (C=O) groups excluding carboxylic acids is 1. The van der Waals surface area contributed by atoms with E-state index in [-0.39, 0.29) is 6.42 Å². The number of esters is 1. The second kappa shape index (κ2) is 6.00. The molecule has 3 N–H and O–H groups in total. The first-order chi connectivity index (χ1) is 7.45. The molecule has 0 aliphatic carbocycles. The zero-order valence-corrected chi connectivity index (χ0v) is 9.64. The first-order valence-corrected chi connectivity index (χ1v) is 5.44. The minimum absolute atomic E-state index is 0.107. The first kappa shape index (κ1) is 14.0. The molecule has 0 bridgehead atoms. The van der Waals surface area contributed by atoms with Crippen molar-refractivity contribution in [1.82, 2.24) is 0 Å². The molecule has 94 valence electrons. The Morgan fingerprint density at radius 1 is 1.50 bits per heavy atom. The van der Waals surface area contributed by atoms with Crippen LogP contribution in [-0.2, 0) is 14.3 Å². The Balaban J connectivity index is 2.60. The predicted octanol–water partition coefficient (Wildman–Crippen LogP) is -0.838. The van der Waals surface area contributed by atoms with Gasteiger partial charge in [-0.25, -0.2) is 4.79 Å². The van der Waals surface area contributed by atoms with Gasteiger partial charge >= 0.3 is 5.97 Å². The van der Waals surface area contributed by atoms with Gasteiger partial charge < -0.3 is 24.8 Å². The normalized spacial score (nSPS) is 35.1. The highest BCUT2D eigenvalue weighted by molar-refractivity contribution is 6.52. The number of halogens is 2. The molecule has 1 fully saturated rings. The third-order valence-electron chi connectivity index (χ3n) is 2.15. The van der Waals surface area contributed by atoms with E-state index in [0.717, 1.165) is 0 Å². The predicted molar refractivity (Wildman–Crippen MR) is 54.0 cm³/mol. The lowest BCUT2D eigenvalue weighted by molar-refractivity contribution is -0.245. The fraction of sp³-hybridized carbons (Fsp3) is 0.875. The van der Waals surface area contributed by atoms with Crippen molar-refractivity contribution in [3.8, 4) is 0 Å². The Morgan fingerprint density at radius 3 is 2.62 bits per heavy atom. The summed E-state index contributed by atoms with van der Waals surface area (Å²) in [5.41, 5.74) is 0. The topological polar surface area (TPSA) is 96.2 Å². The molecule has 16 heavy (non-hydrogen) atoms. The largest absolute Gasteiger partial charge is 0.457 e. The molecule has 0 aromatic rings. The molecular formula is C8H12Cl2O6. The SMILES string of the molecule is O=C(O[C@@H]1C[C@H](O)OC(CO)[C@H]1O)C(Cl)Cl. The molecule has 0 aromatic carbocycles. The van der Waals surface area contributed by atoms with Crippen LogP contribution in [0.3, 0.4) is 0 Å². The van der Waals surface area contributed by atoms with Crippen LogP contribution in [0.25, 0.3) is 0 Å². The zero-order chi connectivity index (χ0) is 12.3. The van der Waals surface area contributed by atoms with Gasteiger partial charge in [0.2, 0.25) is 4.84 Å². The first-order valence-electron chi connectivity index (χ1n) is 4.56. The Labute approximate surface area is 102 Å². The quantitative estimate of drug-likeness (QED) is 0.459. The van der Waals surface area contributed by atoms with Crippen molar-refractivity contribution in [1.29, 1.82) is 0 Å². The summed E-state index contributed by atoms with van der Waals surface area (Å²) < 4.78 is 9.58. The molecule has 0 radical (unpaired) electrons. The Hall–Kier alpha value is -0.110. The monoisotopic (exact) mass is 274 g/mol. The van der Waals surface area contributed by atoms with Crippen LogP contribution in [0, 0.1) is 0 Å². The molecule has 1 aliphatic heterocycles. The molecule has 1 rings (SSSR count). The van der Waals surface area contributed by atoms with Gasteiger partial charge in [0, 0.05) is 6.42 Å². The number of hydrogen-bond acceptors (Lipinski definition) is 6. The van der Waals surface area contributed by atoms with Crippen molar-refractivity contribution in [3.05, 3.63) is 0 Å². The lowest BCUT2D eigenvalue weighted by atomic mass is 10.0. The van der Waals surface area contributed by atoms with E-state index in [0.29, 0.717) is 0 Å². The van der Waals surface area contributed by atoms with Crippen molar-refractivity contribution in [2.24, 2.45) is 0 Å². The van der Waals surface area contributed by atoms with Crippen molar-refractivity contribution in [2.75, 3.05) is 6.61 Å². The molecule has 0 spiro atoms. The summed E-state index contributed by atoms with van der Waals surface area (Å²) >= 11 is 10.5. The molecule has 1 aliphatic rings. The average Bonchev–Trinajstić information content (AvgIpc) is 2.22. The second-order valence-electron chi connectivity index (χ2n) is 3.31. The van der Waals surface area contributed by atoms with E-state index < -0.39 is 42.0 Å². The number of carbonyl (C=O) groups is 1. The summed E-state index contributed by atoms with van der Waals surface area (Å²) in [5, 5.41) is 27.7. The molecule has 1 heterocycles. The molecule has 8 heteroatoms. The van der Waals surface area contributed by atoms with E-state index in [9.17, 15) is 15.0 Å². The van der Waals surface area contributed by atoms with E-state index >= 15 is 0 Å². The number of ether oxygens (including phenoxy) is 2. The average molecular weight is 275 g/mol. The maximum atomic E-state index is 11.1. The molecule has 1 saturated heterocycles. The number of rotatable bonds is 3. The molecule has 0 aromatic heterocycles. The lowest BCUT2D eigenvalue weighted by Crippen LogP contribution is -2.51. The van der Waals surface area contributed by atoms with Crippen molar-refractivity contribution < 1.29 is 29.6 Å². The second-order valence-corrected chi connectivity index (χ2v) is 4.41. The van der Waals surface area contributed by atoms with Gasteiger partial charge in [0.15, 0.2) is 6.29 Å². The van der Waals surface area contributed by atoms with Crippen LogP contribution in [0.4, 0.5) is 0 Å². The van der Waals surface area contributed by atoms with E-state index in [4.69, 9.17) is 37.8 Å². The van der Waals surface area contributed by atoms with Crippen LogP contribution in [0.2, 0.25) is 0 Å². The summed E-state index contributed by atoms with van der Waals surface area (Å²) in [4.78, 5) is 9.71. The molecular weight excluding hydrogens is 263 g/mol. The standard InChI is InChI=1S/C8H12Cl2O6/c9-7(10)8(14)16-3-1-5(12)15-4(2-11)6(3)13/h3-7,11-13H,1-2H2/t3-,4?,5-,6+/m1/s1. The summed E-state index contributed by atoms with van der Waals surface area (Å²) in [6, 6.07) is 0. The van der Waals surface area contributed by atoms with Gasteiger partial charge in [-0.05, 0) is 0 Å². The fourth-order valence-corrected chi connectivity index (χ4v) is 1.49. The number of alkyl halides is 2. The summed E-state index contributed by atoms with van der Waals surface area (Å²) in [5.74, 6) is -0.918. The smallest absolute Gasteiger partial charge is 0.339 e. The van der Waals surface area contributed by atoms with E-state index in [1.54, 1.807) is 0 Å². The Morgan fingerprint density at radius 2 is 2.12 bits per heavy atom. The van der Waals surface area contributed by atoms with Crippen LogP contribution >= 0.6 is 23.2 Å². The number of aliphatic hydroxyl groups is 3. The maximum absolute atomic E-state index is 11.1. The summed E-state index contributed by atoms with van der Waals surface area (Å²) in [6.07, 6.45) is -4.57. The minimum Gasteiger partial charge on any atom is -0.457 e. The van der Waals surface area contributed by atoms with E-state index in [2.05, 4.69) is 0 Å². The van der Waals surface area contributed by atoms with Gasteiger partial charge in [-0.15, -0.1) is 0 Å². The van der Waals surface area contributed by atoms with Crippen molar-refractivity contribution in [2.45, 2.75) is 35.9 Å². The maximum Gasteiger partial charge on any atom is 0.339 e. The van der Waals surface area contributed by atoms with Gasteiger partial charge in [0.25, 0.3) is 0 Å². The number of aliphatic hydroxyl groups excluding tert-OH is 3. The summed E-state index contributed by atoms with van der Waals surface area (Å²) in [6.45, 7) is -0.503. The van der Waals surface area contributed by atoms with Gasteiger partial charge in [-0.1, -0.05) is 23.2 Å². The van der Waals surface area contributed by atoms with Crippen molar-refractivity contribution >= 4 is 29.2 Å². The Kier molecular flexibility index (Phi) is 5.23. The molecule has 4 atom stereocenters. The van der Waals surface area contributed by atoms with Crippen molar-refractivity contribution in [3.63, 3.8) is 0 Å². The fourth-order valence-electron chi connectivity index (χ4n) is 1.38. The molecule has 1 unspecified atom stereocenters. The van der Waals surface area contributed by atoms with Crippen LogP contribution in [0.15, 0.2) is 0 Å². The third-order valence-corrected chi connectivity index (χ3v) is 2.51. The van der Waals surface area contributed by atoms with Crippen LogP contribution < -0.4 is 0 Å². The van der Waals surface area contributed by atoms with E-state index in [1.165, 1.54) is 0 Å². The molecule has 0 saturated carbocycles. The molecule has 6 nitrogen and oxygen atoms in total. The van der Waals surface area contributed by atoms with Gasteiger partial charge in [-0.3, -0.25) is 0 Å². The summed E-state index contributed by atoms with van der Waals surface area (Å²) in [7, 11) is 0.